The number of nitrogens with zero attached hydrogens (tertiary/aromatic N) is 3. The van der Waals surface area contributed by atoms with Crippen LogP contribution in [0.1, 0.15) is 5.56 Å². The third-order valence-corrected chi connectivity index (χ3v) is 6.22. The van der Waals surface area contributed by atoms with Gasteiger partial charge in [-0.05, 0) is 35.9 Å². The highest BCUT2D eigenvalue weighted by Gasteiger charge is 2.19. The van der Waals surface area contributed by atoms with E-state index in [-0.39, 0.29) is 5.69 Å². The molecule has 0 aliphatic rings. The SMILES string of the molecule is COc1ccccc1-n1c(SCc2c(Cl)cccc2Cl)nc2cc([N+](=O)[O-])ccc21. The van der Waals surface area contributed by atoms with Gasteiger partial charge in [-0.3, -0.25) is 14.7 Å². The summed E-state index contributed by atoms with van der Waals surface area (Å²) in [6.45, 7) is 0. The van der Waals surface area contributed by atoms with E-state index < -0.39 is 4.92 Å². The Kier molecular flexibility index (Phi) is 5.85. The zero-order chi connectivity index (χ0) is 21.3. The minimum absolute atomic E-state index is 0.0159. The van der Waals surface area contributed by atoms with Crippen LogP contribution in [-0.4, -0.2) is 21.6 Å². The Morgan fingerprint density at radius 2 is 1.83 bits per heavy atom. The number of fused-ring (bicyclic) bond motifs is 1. The summed E-state index contributed by atoms with van der Waals surface area (Å²) in [5, 5.41) is 13.0. The monoisotopic (exact) mass is 459 g/mol. The maximum atomic E-state index is 11.2. The summed E-state index contributed by atoms with van der Waals surface area (Å²) in [7, 11) is 1.60. The number of ether oxygens (including phenoxy) is 1. The lowest BCUT2D eigenvalue weighted by Crippen LogP contribution is -2.00. The van der Waals surface area contributed by atoms with Crippen molar-refractivity contribution in [3.8, 4) is 11.4 Å². The molecule has 4 rings (SSSR count). The van der Waals surface area contributed by atoms with Gasteiger partial charge in [-0.2, -0.15) is 0 Å². The molecule has 6 nitrogen and oxygen atoms in total. The molecule has 3 aromatic carbocycles. The van der Waals surface area contributed by atoms with Gasteiger partial charge in [0.2, 0.25) is 0 Å². The average molecular weight is 460 g/mol. The molecule has 30 heavy (non-hydrogen) atoms. The number of aromatic nitrogens is 2. The van der Waals surface area contributed by atoms with Gasteiger partial charge in [0.15, 0.2) is 5.16 Å². The predicted molar refractivity (Wildman–Crippen MR) is 120 cm³/mol. The van der Waals surface area contributed by atoms with Gasteiger partial charge >= 0.3 is 0 Å². The van der Waals surface area contributed by atoms with E-state index in [0.717, 1.165) is 16.8 Å². The van der Waals surface area contributed by atoms with Gasteiger partial charge in [0.25, 0.3) is 5.69 Å². The van der Waals surface area contributed by atoms with E-state index in [9.17, 15) is 10.1 Å². The van der Waals surface area contributed by atoms with Gasteiger partial charge in [-0.1, -0.05) is 53.2 Å². The van der Waals surface area contributed by atoms with Crippen LogP contribution in [-0.2, 0) is 5.75 Å². The van der Waals surface area contributed by atoms with Crippen LogP contribution < -0.4 is 4.74 Å². The molecule has 0 bridgehead atoms. The molecule has 0 amide bonds. The number of para-hydroxylation sites is 2. The van der Waals surface area contributed by atoms with Crippen molar-refractivity contribution in [2.75, 3.05) is 7.11 Å². The second-order valence-corrected chi connectivity index (χ2v) is 8.08. The topological polar surface area (TPSA) is 70.2 Å². The van der Waals surface area contributed by atoms with Gasteiger partial charge in [-0.25, -0.2) is 4.98 Å². The number of nitro benzene ring substituents is 1. The summed E-state index contributed by atoms with van der Waals surface area (Å²) >= 11 is 14.1. The number of hydrogen-bond donors (Lipinski definition) is 0. The van der Waals surface area contributed by atoms with Gasteiger partial charge in [-0.15, -0.1) is 0 Å². The van der Waals surface area contributed by atoms with Crippen LogP contribution in [0.5, 0.6) is 5.75 Å². The normalized spacial score (nSPS) is 11.0. The van der Waals surface area contributed by atoms with Crippen molar-refractivity contribution in [1.82, 2.24) is 9.55 Å². The lowest BCUT2D eigenvalue weighted by Gasteiger charge is -2.13. The van der Waals surface area contributed by atoms with E-state index in [1.807, 2.05) is 28.8 Å². The fourth-order valence-corrected chi connectivity index (χ4v) is 4.87. The van der Waals surface area contributed by atoms with Crippen LogP contribution in [0.15, 0.2) is 65.8 Å². The van der Waals surface area contributed by atoms with Gasteiger partial charge in [0.1, 0.15) is 5.75 Å². The molecule has 152 valence electrons. The van der Waals surface area contributed by atoms with E-state index in [0.29, 0.717) is 32.2 Å². The predicted octanol–water partition coefficient (Wildman–Crippen LogP) is 6.54. The first-order valence-corrected chi connectivity index (χ1v) is 10.6. The summed E-state index contributed by atoms with van der Waals surface area (Å²) in [5.74, 6) is 1.15. The van der Waals surface area contributed by atoms with Gasteiger partial charge in [0.05, 0.1) is 28.8 Å². The first kappa shape index (κ1) is 20.5. The summed E-state index contributed by atoms with van der Waals surface area (Å²) in [5.41, 5.74) is 2.82. The zero-order valence-corrected chi connectivity index (χ0v) is 18.0. The van der Waals surface area contributed by atoms with Crippen molar-refractivity contribution in [2.24, 2.45) is 0 Å². The van der Waals surface area contributed by atoms with Crippen LogP contribution in [0.4, 0.5) is 5.69 Å². The number of rotatable bonds is 6. The fourth-order valence-electron chi connectivity index (χ4n) is 3.11. The molecule has 9 heteroatoms. The Hall–Kier alpha value is -2.74. The zero-order valence-electron chi connectivity index (χ0n) is 15.7. The number of nitro groups is 1. The van der Waals surface area contributed by atoms with Crippen LogP contribution in [0.25, 0.3) is 16.7 Å². The Morgan fingerprint density at radius 1 is 1.10 bits per heavy atom. The summed E-state index contributed by atoms with van der Waals surface area (Å²) in [6, 6.07) is 17.5. The number of non-ortho nitro benzene ring substituents is 1. The molecule has 0 saturated carbocycles. The number of methoxy groups -OCH3 is 1. The second-order valence-electron chi connectivity index (χ2n) is 6.32. The van der Waals surface area contributed by atoms with Crippen LogP contribution >= 0.6 is 35.0 Å². The standard InChI is InChI=1S/C21H15Cl2N3O3S/c1-29-20-8-3-2-7-19(20)25-18-10-9-13(26(27)28)11-17(18)24-21(25)30-12-14-15(22)5-4-6-16(14)23/h2-11H,12H2,1H3. The number of hydrogen-bond acceptors (Lipinski definition) is 5. The molecule has 0 atom stereocenters. The number of benzene rings is 3. The Morgan fingerprint density at radius 3 is 2.53 bits per heavy atom. The van der Waals surface area contributed by atoms with Crippen molar-refractivity contribution < 1.29 is 9.66 Å². The molecule has 1 heterocycles. The molecular formula is C21H15Cl2N3O3S. The molecule has 0 unspecified atom stereocenters. The van der Waals surface area contributed by atoms with Crippen molar-refractivity contribution in [3.63, 3.8) is 0 Å². The average Bonchev–Trinajstić information content (AvgIpc) is 3.10. The highest BCUT2D eigenvalue weighted by molar-refractivity contribution is 7.98. The lowest BCUT2D eigenvalue weighted by molar-refractivity contribution is -0.384. The highest BCUT2D eigenvalue weighted by Crippen LogP contribution is 2.37. The maximum absolute atomic E-state index is 11.2. The smallest absolute Gasteiger partial charge is 0.271 e. The number of imidazole rings is 1. The molecule has 1 aromatic heterocycles. The number of thioether (sulfide) groups is 1. The molecule has 0 aliphatic heterocycles. The van der Waals surface area contributed by atoms with Crippen molar-refractivity contribution >= 4 is 51.7 Å². The largest absolute Gasteiger partial charge is 0.495 e. The van der Waals surface area contributed by atoms with E-state index in [1.165, 1.54) is 23.9 Å². The van der Waals surface area contributed by atoms with Crippen molar-refractivity contribution in [1.29, 1.82) is 0 Å². The molecular weight excluding hydrogens is 445 g/mol. The molecule has 0 radical (unpaired) electrons. The van der Waals surface area contributed by atoms with Crippen LogP contribution in [0.3, 0.4) is 0 Å². The molecule has 0 spiro atoms. The summed E-state index contributed by atoms with van der Waals surface area (Å²) in [6.07, 6.45) is 0. The number of halogens is 2. The van der Waals surface area contributed by atoms with E-state index in [1.54, 1.807) is 31.4 Å². The first-order valence-electron chi connectivity index (χ1n) is 8.85. The third kappa shape index (κ3) is 3.84. The second kappa shape index (κ2) is 8.55. The third-order valence-electron chi connectivity index (χ3n) is 4.55. The van der Waals surface area contributed by atoms with Gasteiger partial charge in [0, 0.05) is 27.9 Å². The molecule has 0 N–H and O–H groups in total. The van der Waals surface area contributed by atoms with Crippen molar-refractivity contribution in [3.05, 3.63) is 86.4 Å². The van der Waals surface area contributed by atoms with E-state index in [2.05, 4.69) is 4.98 Å². The minimum Gasteiger partial charge on any atom is -0.495 e. The van der Waals surface area contributed by atoms with Crippen molar-refractivity contribution in [2.45, 2.75) is 10.9 Å². The van der Waals surface area contributed by atoms with Gasteiger partial charge < -0.3 is 4.74 Å². The fraction of sp³-hybridized carbons (Fsp3) is 0.0952. The highest BCUT2D eigenvalue weighted by atomic mass is 35.5. The summed E-state index contributed by atoms with van der Waals surface area (Å²) in [4.78, 5) is 15.4. The summed E-state index contributed by atoms with van der Waals surface area (Å²) < 4.78 is 7.45. The van der Waals surface area contributed by atoms with E-state index in [4.69, 9.17) is 27.9 Å². The Balaban J connectivity index is 1.86. The van der Waals surface area contributed by atoms with Crippen LogP contribution in [0, 0.1) is 10.1 Å². The maximum Gasteiger partial charge on any atom is 0.271 e. The molecule has 0 saturated heterocycles. The van der Waals surface area contributed by atoms with Crippen LogP contribution in [0.2, 0.25) is 10.0 Å². The Labute approximate surface area is 186 Å². The lowest BCUT2D eigenvalue weighted by atomic mass is 10.2. The quantitative estimate of drug-likeness (QED) is 0.186. The van der Waals surface area contributed by atoms with E-state index >= 15 is 0 Å². The Bertz CT molecular complexity index is 1240. The first-order chi connectivity index (χ1) is 14.5. The minimum atomic E-state index is -0.433. The molecule has 0 aliphatic carbocycles. The molecule has 0 fully saturated rings. The molecule has 4 aromatic rings.